The van der Waals surface area contributed by atoms with Crippen molar-refractivity contribution in [3.05, 3.63) is 56.8 Å². The molecule has 1 atom stereocenters. The molecule has 0 saturated heterocycles. The lowest BCUT2D eigenvalue weighted by Crippen LogP contribution is -2.13. The molecule has 3 rings (SSSR count). The zero-order chi connectivity index (χ0) is 14.1. The average Bonchev–Trinajstić information content (AvgIpc) is 2.87. The molecule has 1 aliphatic heterocycles. The van der Waals surface area contributed by atoms with Crippen LogP contribution in [0.15, 0.2) is 24.3 Å². The van der Waals surface area contributed by atoms with E-state index in [0.29, 0.717) is 12.0 Å². The minimum absolute atomic E-state index is 0.271. The fraction of sp³-hybridized carbons (Fsp3) is 0.333. The molecule has 2 heterocycles. The van der Waals surface area contributed by atoms with E-state index in [1.165, 1.54) is 16.5 Å². The van der Waals surface area contributed by atoms with Gasteiger partial charge in [0.1, 0.15) is 11.6 Å². The summed E-state index contributed by atoms with van der Waals surface area (Å²) in [7, 11) is 0. The zero-order valence-electron chi connectivity index (χ0n) is 10.9. The van der Waals surface area contributed by atoms with Gasteiger partial charge in [-0.15, -0.1) is 11.3 Å². The van der Waals surface area contributed by atoms with Crippen LogP contribution in [0, 0.1) is 11.6 Å². The van der Waals surface area contributed by atoms with E-state index in [4.69, 9.17) is 5.73 Å². The number of fused-ring (bicyclic) bond motifs is 1. The first-order valence-electron chi connectivity index (χ1n) is 6.52. The lowest BCUT2D eigenvalue weighted by atomic mass is 10.0. The van der Waals surface area contributed by atoms with E-state index in [9.17, 15) is 8.78 Å². The Hall–Kier alpha value is -0.910. The molecule has 106 valence electrons. The highest BCUT2D eigenvalue weighted by atomic mass is 32.2. The number of rotatable bonds is 3. The number of nitrogens with two attached hydrogens (primary N) is 1. The molecule has 0 fully saturated rings. The average molecular weight is 311 g/mol. The summed E-state index contributed by atoms with van der Waals surface area (Å²) in [5.74, 6) is 1.38. The predicted molar refractivity (Wildman–Crippen MR) is 81.2 cm³/mol. The summed E-state index contributed by atoms with van der Waals surface area (Å²) < 4.78 is 26.8. The number of thioether (sulfide) groups is 1. The van der Waals surface area contributed by atoms with E-state index >= 15 is 0 Å². The Balaban J connectivity index is 1.80. The number of benzene rings is 1. The van der Waals surface area contributed by atoms with Gasteiger partial charge < -0.3 is 5.73 Å². The van der Waals surface area contributed by atoms with Crippen LogP contribution >= 0.6 is 23.1 Å². The van der Waals surface area contributed by atoms with Gasteiger partial charge in [0.2, 0.25) is 0 Å². The maximum atomic E-state index is 13.7. The summed E-state index contributed by atoms with van der Waals surface area (Å²) in [5, 5.41) is 0. The summed E-state index contributed by atoms with van der Waals surface area (Å²) in [6, 6.07) is 5.39. The molecule has 2 N–H and O–H groups in total. The van der Waals surface area contributed by atoms with Gasteiger partial charge in [-0.3, -0.25) is 0 Å². The third-order valence-electron chi connectivity index (χ3n) is 3.46. The first-order chi connectivity index (χ1) is 9.63. The Labute approximate surface area is 125 Å². The van der Waals surface area contributed by atoms with Gasteiger partial charge in [0, 0.05) is 21.5 Å². The van der Waals surface area contributed by atoms with Crippen molar-refractivity contribution < 1.29 is 8.78 Å². The Kier molecular flexibility index (Phi) is 4.10. The second kappa shape index (κ2) is 5.84. The van der Waals surface area contributed by atoms with E-state index in [1.54, 1.807) is 11.3 Å². The van der Waals surface area contributed by atoms with Gasteiger partial charge in [0.05, 0.1) is 0 Å². The highest BCUT2D eigenvalue weighted by Crippen LogP contribution is 2.34. The van der Waals surface area contributed by atoms with Crippen LogP contribution in [0.25, 0.3) is 0 Å². The van der Waals surface area contributed by atoms with Crippen molar-refractivity contribution >= 4 is 23.1 Å². The van der Waals surface area contributed by atoms with Gasteiger partial charge in [0.25, 0.3) is 0 Å². The summed E-state index contributed by atoms with van der Waals surface area (Å²) in [6.07, 6.45) is 1.42. The highest BCUT2D eigenvalue weighted by Gasteiger charge is 2.18. The van der Waals surface area contributed by atoms with E-state index in [2.05, 4.69) is 6.07 Å². The van der Waals surface area contributed by atoms with Crippen molar-refractivity contribution in [2.75, 3.05) is 5.75 Å². The highest BCUT2D eigenvalue weighted by molar-refractivity contribution is 7.98. The zero-order valence-corrected chi connectivity index (χ0v) is 12.5. The number of hydrogen-bond donors (Lipinski definition) is 1. The standard InChI is InChI=1S/C15H15F2NS2/c16-11-1-2-12(17)9(5-11)6-13(18)15-7-10-8-19-4-3-14(10)20-15/h1-2,5,7,13H,3-4,6,8,18H2. The van der Waals surface area contributed by atoms with Crippen molar-refractivity contribution in [1.82, 2.24) is 0 Å². The fourth-order valence-corrected chi connectivity index (χ4v) is 4.77. The van der Waals surface area contributed by atoms with Gasteiger partial charge in [-0.1, -0.05) is 0 Å². The molecule has 0 bridgehead atoms. The van der Waals surface area contributed by atoms with Crippen molar-refractivity contribution in [2.45, 2.75) is 24.6 Å². The summed E-state index contributed by atoms with van der Waals surface area (Å²) in [4.78, 5) is 2.47. The Morgan fingerprint density at radius 1 is 1.25 bits per heavy atom. The van der Waals surface area contributed by atoms with Crippen molar-refractivity contribution in [1.29, 1.82) is 0 Å². The van der Waals surface area contributed by atoms with E-state index in [0.717, 1.165) is 34.9 Å². The number of thiophene rings is 1. The number of hydrogen-bond acceptors (Lipinski definition) is 3. The number of halogens is 2. The third-order valence-corrected chi connectivity index (χ3v) is 5.84. The van der Waals surface area contributed by atoms with Gasteiger partial charge in [-0.2, -0.15) is 11.8 Å². The smallest absolute Gasteiger partial charge is 0.126 e. The molecule has 1 nitrogen and oxygen atoms in total. The largest absolute Gasteiger partial charge is 0.323 e. The van der Waals surface area contributed by atoms with Gasteiger partial charge >= 0.3 is 0 Å². The maximum absolute atomic E-state index is 13.7. The van der Waals surface area contributed by atoms with Crippen molar-refractivity contribution in [2.24, 2.45) is 5.73 Å². The van der Waals surface area contributed by atoms with E-state index < -0.39 is 11.6 Å². The minimum atomic E-state index is -0.421. The second-order valence-corrected chi connectivity index (χ2v) is 7.22. The van der Waals surface area contributed by atoms with E-state index in [1.807, 2.05) is 11.8 Å². The third kappa shape index (κ3) is 2.90. The second-order valence-electron chi connectivity index (χ2n) is 4.95. The molecule has 5 heteroatoms. The molecule has 0 saturated carbocycles. The first-order valence-corrected chi connectivity index (χ1v) is 8.49. The topological polar surface area (TPSA) is 26.0 Å². The SMILES string of the molecule is NC(Cc1cc(F)ccc1F)c1cc2c(s1)CCSC2. The molecule has 0 amide bonds. The maximum Gasteiger partial charge on any atom is 0.126 e. The molecular formula is C15H15F2NS2. The summed E-state index contributed by atoms with van der Waals surface area (Å²) >= 11 is 3.65. The first kappa shape index (κ1) is 14.0. The van der Waals surface area contributed by atoms with Crippen LogP contribution < -0.4 is 5.73 Å². The normalized spacial score (nSPS) is 15.9. The molecule has 1 aliphatic rings. The fourth-order valence-electron chi connectivity index (χ4n) is 2.39. The Bertz CT molecular complexity index is 601. The molecule has 2 aromatic rings. The van der Waals surface area contributed by atoms with Gasteiger partial charge in [-0.05, 0) is 54.0 Å². The lowest BCUT2D eigenvalue weighted by molar-refractivity contribution is 0.574. The monoisotopic (exact) mass is 311 g/mol. The quantitative estimate of drug-likeness (QED) is 0.925. The number of aryl methyl sites for hydroxylation is 1. The molecule has 1 unspecified atom stereocenters. The Morgan fingerprint density at radius 3 is 2.90 bits per heavy atom. The molecule has 0 aliphatic carbocycles. The molecule has 1 aromatic heterocycles. The predicted octanol–water partition coefficient (Wildman–Crippen LogP) is 4.06. The van der Waals surface area contributed by atoms with Gasteiger partial charge in [-0.25, -0.2) is 8.78 Å². The van der Waals surface area contributed by atoms with E-state index in [-0.39, 0.29) is 6.04 Å². The lowest BCUT2D eigenvalue weighted by Gasteiger charge is -2.10. The molecule has 1 aromatic carbocycles. The van der Waals surface area contributed by atoms with Crippen LogP contribution in [0.5, 0.6) is 0 Å². The molecule has 0 spiro atoms. The van der Waals surface area contributed by atoms with Crippen LogP contribution in [0.2, 0.25) is 0 Å². The summed E-state index contributed by atoms with van der Waals surface area (Å²) in [5.41, 5.74) is 7.88. The molecular weight excluding hydrogens is 296 g/mol. The van der Waals surface area contributed by atoms with Crippen LogP contribution in [-0.2, 0) is 18.6 Å². The Morgan fingerprint density at radius 2 is 2.10 bits per heavy atom. The molecule has 20 heavy (non-hydrogen) atoms. The van der Waals surface area contributed by atoms with Gasteiger partial charge in [0.15, 0.2) is 0 Å². The minimum Gasteiger partial charge on any atom is -0.323 e. The van der Waals surface area contributed by atoms with Crippen LogP contribution in [0.1, 0.15) is 26.9 Å². The molecule has 0 radical (unpaired) electrons. The van der Waals surface area contributed by atoms with Crippen LogP contribution in [0.3, 0.4) is 0 Å². The van der Waals surface area contributed by atoms with Crippen LogP contribution in [0.4, 0.5) is 8.78 Å². The van der Waals surface area contributed by atoms with Crippen molar-refractivity contribution in [3.8, 4) is 0 Å². The van der Waals surface area contributed by atoms with Crippen molar-refractivity contribution in [3.63, 3.8) is 0 Å². The summed E-state index contributed by atoms with van der Waals surface area (Å²) in [6.45, 7) is 0. The van der Waals surface area contributed by atoms with Crippen LogP contribution in [-0.4, -0.2) is 5.75 Å².